The Morgan fingerprint density at radius 3 is 1.42 bits per heavy atom. The van der Waals surface area contributed by atoms with Crippen molar-refractivity contribution in [2.75, 3.05) is 13.2 Å². The van der Waals surface area contributed by atoms with Crippen LogP contribution in [0.25, 0.3) is 0 Å². The average molecular weight is 366 g/mol. The number of hydrogen-bond acceptors (Lipinski definition) is 6. The molecule has 26 heavy (non-hydrogen) atoms. The number of benzene rings is 1. The third kappa shape index (κ3) is 8.45. The zero-order valence-electron chi connectivity index (χ0n) is 16.2. The summed E-state index contributed by atoms with van der Waals surface area (Å²) in [5.41, 5.74) is 0.694. The normalized spacial score (nSPS) is 13.1. The Bertz CT molecular complexity index is 491. The minimum atomic E-state index is -0.611. The zero-order valence-corrected chi connectivity index (χ0v) is 16.2. The van der Waals surface area contributed by atoms with E-state index in [0.717, 1.165) is 25.7 Å². The van der Waals surface area contributed by atoms with E-state index in [2.05, 4.69) is 13.8 Å². The molecule has 0 saturated heterocycles. The van der Waals surface area contributed by atoms with Crippen molar-refractivity contribution in [3.63, 3.8) is 0 Å². The van der Waals surface area contributed by atoms with Crippen molar-refractivity contribution in [1.29, 1.82) is 0 Å². The van der Waals surface area contributed by atoms with Crippen LogP contribution in [-0.2, 0) is 18.9 Å². The molecular weight excluding hydrogens is 336 g/mol. The molecule has 2 unspecified atom stereocenters. The van der Waals surface area contributed by atoms with Gasteiger partial charge in [-0.05, 0) is 51.0 Å². The van der Waals surface area contributed by atoms with Crippen molar-refractivity contribution in [2.24, 2.45) is 0 Å². The van der Waals surface area contributed by atoms with Gasteiger partial charge in [0.2, 0.25) is 0 Å². The monoisotopic (exact) mass is 366 g/mol. The fourth-order valence-corrected chi connectivity index (χ4v) is 2.04. The molecule has 0 amide bonds. The van der Waals surface area contributed by atoms with Crippen LogP contribution in [-0.4, -0.2) is 37.7 Å². The number of carbonyl (C=O) groups is 2. The highest BCUT2D eigenvalue weighted by molar-refractivity contribution is 5.93. The fraction of sp³-hybridized carbons (Fsp3) is 0.600. The highest BCUT2D eigenvalue weighted by Crippen LogP contribution is 2.11. The van der Waals surface area contributed by atoms with Gasteiger partial charge in [0.25, 0.3) is 0 Å². The summed E-state index contributed by atoms with van der Waals surface area (Å²) >= 11 is 0. The van der Waals surface area contributed by atoms with Gasteiger partial charge in [-0.15, -0.1) is 0 Å². The number of esters is 2. The van der Waals surface area contributed by atoms with E-state index >= 15 is 0 Å². The third-order valence-electron chi connectivity index (χ3n) is 3.60. The molecule has 0 bridgehead atoms. The van der Waals surface area contributed by atoms with Crippen molar-refractivity contribution in [3.05, 3.63) is 35.4 Å². The summed E-state index contributed by atoms with van der Waals surface area (Å²) < 4.78 is 21.2. The minimum Gasteiger partial charge on any atom is -0.432 e. The number of hydrogen-bond donors (Lipinski definition) is 0. The number of ether oxygens (including phenoxy) is 4. The summed E-state index contributed by atoms with van der Waals surface area (Å²) in [6.45, 7) is 8.58. The van der Waals surface area contributed by atoms with Gasteiger partial charge in [0, 0.05) is 0 Å². The van der Waals surface area contributed by atoms with Crippen LogP contribution in [0.1, 0.15) is 74.1 Å². The lowest BCUT2D eigenvalue weighted by Gasteiger charge is -2.15. The second-order valence-electron chi connectivity index (χ2n) is 5.97. The lowest BCUT2D eigenvalue weighted by atomic mass is 10.1. The van der Waals surface area contributed by atoms with Crippen LogP contribution in [0.3, 0.4) is 0 Å². The molecule has 1 aromatic rings. The largest absolute Gasteiger partial charge is 0.432 e. The van der Waals surface area contributed by atoms with E-state index in [4.69, 9.17) is 18.9 Å². The molecule has 0 radical (unpaired) electrons. The smallest absolute Gasteiger partial charge is 0.340 e. The Morgan fingerprint density at radius 2 is 1.12 bits per heavy atom. The van der Waals surface area contributed by atoms with Crippen LogP contribution in [0.15, 0.2) is 24.3 Å². The third-order valence-corrected chi connectivity index (χ3v) is 3.60. The minimum absolute atomic E-state index is 0.347. The molecule has 0 N–H and O–H groups in total. The molecule has 6 nitrogen and oxygen atoms in total. The molecule has 0 saturated carbocycles. The van der Waals surface area contributed by atoms with E-state index in [1.165, 1.54) is 24.3 Å². The topological polar surface area (TPSA) is 71.1 Å². The molecule has 0 aliphatic rings. The van der Waals surface area contributed by atoms with Gasteiger partial charge in [-0.25, -0.2) is 9.59 Å². The summed E-state index contributed by atoms with van der Waals surface area (Å²) in [6, 6.07) is 6.11. The molecule has 0 aliphatic heterocycles. The van der Waals surface area contributed by atoms with Crippen molar-refractivity contribution >= 4 is 11.9 Å². The van der Waals surface area contributed by atoms with E-state index in [-0.39, 0.29) is 0 Å². The van der Waals surface area contributed by atoms with Crippen molar-refractivity contribution in [3.8, 4) is 0 Å². The zero-order chi connectivity index (χ0) is 19.4. The van der Waals surface area contributed by atoms with Gasteiger partial charge < -0.3 is 18.9 Å². The lowest BCUT2D eigenvalue weighted by Crippen LogP contribution is -2.20. The van der Waals surface area contributed by atoms with Crippen LogP contribution < -0.4 is 0 Å². The van der Waals surface area contributed by atoms with Crippen LogP contribution in [0.2, 0.25) is 0 Å². The first-order chi connectivity index (χ1) is 12.5. The molecule has 0 aromatic heterocycles. The Balaban J connectivity index is 2.48. The Labute approximate surface area is 155 Å². The molecule has 0 heterocycles. The predicted molar refractivity (Wildman–Crippen MR) is 97.9 cm³/mol. The van der Waals surface area contributed by atoms with E-state index < -0.39 is 24.5 Å². The predicted octanol–water partition coefficient (Wildman–Crippen LogP) is 4.33. The first kappa shape index (κ1) is 22.1. The summed E-state index contributed by atoms with van der Waals surface area (Å²) in [6.07, 6.45) is 2.64. The molecule has 0 spiro atoms. The second-order valence-corrected chi connectivity index (χ2v) is 5.97. The van der Waals surface area contributed by atoms with Crippen LogP contribution in [0.4, 0.5) is 0 Å². The maximum Gasteiger partial charge on any atom is 0.340 e. The van der Waals surface area contributed by atoms with Crippen molar-refractivity contribution < 1.29 is 28.5 Å². The summed E-state index contributed by atoms with van der Waals surface area (Å²) in [4.78, 5) is 24.1. The molecule has 146 valence electrons. The van der Waals surface area contributed by atoms with Gasteiger partial charge >= 0.3 is 11.9 Å². The van der Waals surface area contributed by atoms with Gasteiger partial charge in [-0.2, -0.15) is 0 Å². The standard InChI is InChI=1S/C20H30O6/c1-5-7-13-23-15(3)25-19(21)17-9-11-18(12-10-17)20(22)26-16(4)24-14-8-6-2/h9-12,15-16H,5-8,13-14H2,1-4H3. The van der Waals surface area contributed by atoms with Gasteiger partial charge in [-0.3, -0.25) is 0 Å². The number of unbranched alkanes of at least 4 members (excludes halogenated alkanes) is 2. The quantitative estimate of drug-likeness (QED) is 0.312. The Hall–Kier alpha value is -1.92. The van der Waals surface area contributed by atoms with E-state index in [9.17, 15) is 9.59 Å². The first-order valence-electron chi connectivity index (χ1n) is 9.23. The van der Waals surface area contributed by atoms with E-state index in [1.54, 1.807) is 13.8 Å². The van der Waals surface area contributed by atoms with Crippen molar-refractivity contribution in [2.45, 2.75) is 66.0 Å². The van der Waals surface area contributed by atoms with Gasteiger partial charge in [0.05, 0.1) is 24.3 Å². The van der Waals surface area contributed by atoms with Crippen molar-refractivity contribution in [1.82, 2.24) is 0 Å². The maximum atomic E-state index is 12.1. The van der Waals surface area contributed by atoms with Gasteiger partial charge in [0.15, 0.2) is 12.6 Å². The SMILES string of the molecule is CCCCOC(C)OC(=O)c1ccc(C(=O)OC(C)OCCCC)cc1. The van der Waals surface area contributed by atoms with Crippen LogP contribution in [0.5, 0.6) is 0 Å². The Morgan fingerprint density at radius 1 is 0.769 bits per heavy atom. The molecule has 2 atom stereocenters. The lowest BCUT2D eigenvalue weighted by molar-refractivity contribution is -0.0994. The summed E-state index contributed by atoms with van der Waals surface area (Å²) in [5, 5.41) is 0. The summed E-state index contributed by atoms with van der Waals surface area (Å²) in [5.74, 6) is -0.990. The molecule has 6 heteroatoms. The fourth-order valence-electron chi connectivity index (χ4n) is 2.04. The molecule has 1 aromatic carbocycles. The second kappa shape index (κ2) is 12.4. The highest BCUT2D eigenvalue weighted by atomic mass is 16.7. The van der Waals surface area contributed by atoms with Crippen LogP contribution >= 0.6 is 0 Å². The molecule has 0 fully saturated rings. The van der Waals surface area contributed by atoms with E-state index in [1.807, 2.05) is 0 Å². The average Bonchev–Trinajstić information content (AvgIpc) is 2.62. The van der Waals surface area contributed by atoms with E-state index in [0.29, 0.717) is 24.3 Å². The Kier molecular flexibility index (Phi) is 10.6. The number of carbonyl (C=O) groups excluding carboxylic acids is 2. The van der Waals surface area contributed by atoms with Gasteiger partial charge in [0.1, 0.15) is 0 Å². The summed E-state index contributed by atoms with van der Waals surface area (Å²) in [7, 11) is 0. The van der Waals surface area contributed by atoms with Gasteiger partial charge in [-0.1, -0.05) is 26.7 Å². The van der Waals surface area contributed by atoms with Crippen LogP contribution in [0, 0.1) is 0 Å². The molecule has 1 rings (SSSR count). The molecular formula is C20H30O6. The molecule has 0 aliphatic carbocycles. The maximum absolute atomic E-state index is 12.1. The number of rotatable bonds is 12. The highest BCUT2D eigenvalue weighted by Gasteiger charge is 2.15. The first-order valence-corrected chi connectivity index (χ1v) is 9.23.